The summed E-state index contributed by atoms with van der Waals surface area (Å²) < 4.78 is 12.7. The second kappa shape index (κ2) is 9.07. The van der Waals surface area contributed by atoms with E-state index in [-0.39, 0.29) is 17.6 Å². The number of halogens is 1. The van der Waals surface area contributed by atoms with Crippen LogP contribution in [0, 0.1) is 5.82 Å². The van der Waals surface area contributed by atoms with Gasteiger partial charge in [0.1, 0.15) is 5.82 Å². The van der Waals surface area contributed by atoms with Crippen molar-refractivity contribution in [3.63, 3.8) is 0 Å². The third kappa shape index (κ3) is 7.51. The Hall–Kier alpha value is -1.91. The van der Waals surface area contributed by atoms with Crippen LogP contribution in [0.2, 0.25) is 0 Å². The van der Waals surface area contributed by atoms with E-state index in [0.29, 0.717) is 19.5 Å². The van der Waals surface area contributed by atoms with Crippen molar-refractivity contribution in [3.05, 3.63) is 35.6 Å². The summed E-state index contributed by atoms with van der Waals surface area (Å²) in [6.45, 7) is 2.57. The smallest absolute Gasteiger partial charge is 0.220 e. The number of nitrogens with one attached hydrogen (secondary N) is 2. The van der Waals surface area contributed by atoms with Crippen molar-refractivity contribution in [3.8, 4) is 0 Å². The molecule has 0 fully saturated rings. The molecule has 0 unspecified atom stereocenters. The predicted octanol–water partition coefficient (Wildman–Crippen LogP) is 2.14. The van der Waals surface area contributed by atoms with Crippen LogP contribution in [0.15, 0.2) is 24.3 Å². The fraction of sp³-hybridized carbons (Fsp3) is 0.467. The zero-order valence-corrected chi connectivity index (χ0v) is 11.7. The normalized spacial score (nSPS) is 10.1. The summed E-state index contributed by atoms with van der Waals surface area (Å²) in [7, 11) is 0. The van der Waals surface area contributed by atoms with Crippen molar-refractivity contribution in [1.29, 1.82) is 0 Å². The van der Waals surface area contributed by atoms with Gasteiger partial charge in [-0.05, 0) is 30.5 Å². The number of carbonyl (C=O) groups is 2. The van der Waals surface area contributed by atoms with Crippen molar-refractivity contribution in [2.45, 2.75) is 39.2 Å². The van der Waals surface area contributed by atoms with Gasteiger partial charge >= 0.3 is 0 Å². The lowest BCUT2D eigenvalue weighted by atomic mass is 10.1. The number of benzene rings is 1. The van der Waals surface area contributed by atoms with E-state index in [1.165, 1.54) is 19.1 Å². The Bertz CT molecular complexity index is 432. The molecule has 0 bridgehead atoms. The summed E-state index contributed by atoms with van der Waals surface area (Å²) in [5, 5.41) is 5.51. The van der Waals surface area contributed by atoms with Gasteiger partial charge in [0.2, 0.25) is 11.8 Å². The highest BCUT2D eigenvalue weighted by molar-refractivity contribution is 5.75. The molecule has 0 aliphatic rings. The second-order valence-electron chi connectivity index (χ2n) is 4.70. The third-order valence-corrected chi connectivity index (χ3v) is 2.86. The Morgan fingerprint density at radius 3 is 2.40 bits per heavy atom. The number of amides is 2. The van der Waals surface area contributed by atoms with Crippen LogP contribution in [0.1, 0.15) is 38.2 Å². The molecule has 1 aromatic rings. The van der Waals surface area contributed by atoms with Crippen LogP contribution < -0.4 is 10.6 Å². The van der Waals surface area contributed by atoms with E-state index >= 15 is 0 Å². The molecule has 0 atom stereocenters. The lowest BCUT2D eigenvalue weighted by Gasteiger charge is -2.06. The first kappa shape index (κ1) is 16.1. The van der Waals surface area contributed by atoms with Gasteiger partial charge < -0.3 is 10.6 Å². The molecule has 110 valence electrons. The summed E-state index contributed by atoms with van der Waals surface area (Å²) >= 11 is 0. The Labute approximate surface area is 118 Å². The fourth-order valence-corrected chi connectivity index (χ4v) is 1.74. The van der Waals surface area contributed by atoms with Gasteiger partial charge in [-0.1, -0.05) is 18.6 Å². The minimum absolute atomic E-state index is 0.00569. The number of unbranched alkanes of at least 4 members (excludes halogenated alkanes) is 2. The van der Waals surface area contributed by atoms with E-state index in [2.05, 4.69) is 10.6 Å². The number of rotatable bonds is 8. The van der Waals surface area contributed by atoms with Gasteiger partial charge in [0.15, 0.2) is 0 Å². The molecule has 2 N–H and O–H groups in total. The van der Waals surface area contributed by atoms with Gasteiger partial charge in [-0.3, -0.25) is 9.59 Å². The van der Waals surface area contributed by atoms with E-state index in [4.69, 9.17) is 0 Å². The maximum Gasteiger partial charge on any atom is 0.220 e. The average Bonchev–Trinajstić information content (AvgIpc) is 2.41. The van der Waals surface area contributed by atoms with Crippen molar-refractivity contribution in [1.82, 2.24) is 10.6 Å². The van der Waals surface area contributed by atoms with Gasteiger partial charge in [0.25, 0.3) is 0 Å². The molecule has 0 aromatic heterocycles. The highest BCUT2D eigenvalue weighted by Crippen LogP contribution is 2.03. The van der Waals surface area contributed by atoms with Crippen LogP contribution in [0.3, 0.4) is 0 Å². The molecule has 0 heterocycles. The zero-order chi connectivity index (χ0) is 14.8. The molecule has 20 heavy (non-hydrogen) atoms. The molecule has 0 saturated heterocycles. The Morgan fingerprint density at radius 1 is 1.05 bits per heavy atom. The van der Waals surface area contributed by atoms with E-state index in [1.54, 1.807) is 12.1 Å². The van der Waals surface area contributed by atoms with Gasteiger partial charge in [-0.25, -0.2) is 4.39 Å². The molecule has 4 nitrogen and oxygen atoms in total. The predicted molar refractivity (Wildman–Crippen MR) is 75.4 cm³/mol. The Kier molecular flexibility index (Phi) is 7.32. The minimum Gasteiger partial charge on any atom is -0.356 e. The lowest BCUT2D eigenvalue weighted by molar-refractivity contribution is -0.121. The van der Waals surface area contributed by atoms with Crippen LogP contribution in [0.25, 0.3) is 0 Å². The zero-order valence-electron chi connectivity index (χ0n) is 11.7. The standard InChI is InChI=1S/C15H21FN2O2/c1-12(19)17-10-4-2-3-5-15(20)18-11-13-6-8-14(16)9-7-13/h6-9H,2-5,10-11H2,1H3,(H,17,19)(H,18,20). The maximum absolute atomic E-state index is 12.7. The minimum atomic E-state index is -0.278. The molecule has 2 amide bonds. The molecule has 0 spiro atoms. The second-order valence-corrected chi connectivity index (χ2v) is 4.70. The molecule has 0 aliphatic heterocycles. The van der Waals surface area contributed by atoms with Crippen LogP contribution in [0.5, 0.6) is 0 Å². The third-order valence-electron chi connectivity index (χ3n) is 2.86. The SMILES string of the molecule is CC(=O)NCCCCCC(=O)NCc1ccc(F)cc1. The number of hydrogen-bond donors (Lipinski definition) is 2. The van der Waals surface area contributed by atoms with Gasteiger partial charge in [-0.2, -0.15) is 0 Å². The van der Waals surface area contributed by atoms with Crippen LogP contribution >= 0.6 is 0 Å². The van der Waals surface area contributed by atoms with Gasteiger partial charge in [0, 0.05) is 26.4 Å². The summed E-state index contributed by atoms with van der Waals surface area (Å²) in [5.74, 6) is -0.310. The van der Waals surface area contributed by atoms with Crippen LogP contribution in [-0.4, -0.2) is 18.4 Å². The van der Waals surface area contributed by atoms with Crippen LogP contribution in [0.4, 0.5) is 4.39 Å². The Balaban J connectivity index is 2.06. The summed E-state index contributed by atoms with van der Waals surface area (Å²) in [5.41, 5.74) is 0.880. The molecule has 0 aliphatic carbocycles. The topological polar surface area (TPSA) is 58.2 Å². The largest absolute Gasteiger partial charge is 0.356 e. The van der Waals surface area contributed by atoms with E-state index < -0.39 is 0 Å². The van der Waals surface area contributed by atoms with Crippen molar-refractivity contribution >= 4 is 11.8 Å². The summed E-state index contributed by atoms with van der Waals surface area (Å²) in [6.07, 6.45) is 3.06. The summed E-state index contributed by atoms with van der Waals surface area (Å²) in [6, 6.07) is 6.07. The van der Waals surface area contributed by atoms with E-state index in [1.807, 2.05) is 0 Å². The van der Waals surface area contributed by atoms with E-state index in [0.717, 1.165) is 24.8 Å². The highest BCUT2D eigenvalue weighted by atomic mass is 19.1. The van der Waals surface area contributed by atoms with Crippen LogP contribution in [-0.2, 0) is 16.1 Å². The van der Waals surface area contributed by atoms with Gasteiger partial charge in [-0.15, -0.1) is 0 Å². The molecule has 0 saturated carbocycles. The summed E-state index contributed by atoms with van der Waals surface area (Å²) in [4.78, 5) is 22.2. The molecular formula is C15H21FN2O2. The van der Waals surface area contributed by atoms with Gasteiger partial charge in [0.05, 0.1) is 0 Å². The molecule has 1 aromatic carbocycles. The fourth-order valence-electron chi connectivity index (χ4n) is 1.74. The van der Waals surface area contributed by atoms with Crippen molar-refractivity contribution in [2.75, 3.05) is 6.54 Å². The quantitative estimate of drug-likeness (QED) is 0.717. The van der Waals surface area contributed by atoms with E-state index in [9.17, 15) is 14.0 Å². The van der Waals surface area contributed by atoms with Crippen molar-refractivity contribution < 1.29 is 14.0 Å². The lowest BCUT2D eigenvalue weighted by Crippen LogP contribution is -2.23. The van der Waals surface area contributed by atoms with Crippen molar-refractivity contribution in [2.24, 2.45) is 0 Å². The Morgan fingerprint density at radius 2 is 1.75 bits per heavy atom. The average molecular weight is 280 g/mol. The maximum atomic E-state index is 12.7. The molecular weight excluding hydrogens is 259 g/mol. The molecule has 0 radical (unpaired) electrons. The first-order valence-electron chi connectivity index (χ1n) is 6.83. The number of carbonyl (C=O) groups excluding carboxylic acids is 2. The number of hydrogen-bond acceptors (Lipinski definition) is 2. The molecule has 5 heteroatoms. The monoisotopic (exact) mass is 280 g/mol. The highest BCUT2D eigenvalue weighted by Gasteiger charge is 2.01. The first-order valence-corrected chi connectivity index (χ1v) is 6.83. The first-order chi connectivity index (χ1) is 9.58. The molecule has 1 rings (SSSR count).